The van der Waals surface area contributed by atoms with Gasteiger partial charge in [-0.3, -0.25) is 4.79 Å². The number of halogens is 1. The highest BCUT2D eigenvalue weighted by atomic mass is 79.9. The van der Waals surface area contributed by atoms with Crippen molar-refractivity contribution in [1.29, 1.82) is 0 Å². The number of carboxylic acids is 1. The fourth-order valence-corrected chi connectivity index (χ4v) is 4.49. The van der Waals surface area contributed by atoms with E-state index in [1.54, 1.807) is 7.05 Å². The quantitative estimate of drug-likeness (QED) is 0.569. The number of fused-ring (bicyclic) bond motifs is 3. The Morgan fingerprint density at radius 2 is 1.77 bits per heavy atom. The Morgan fingerprint density at radius 3 is 2.30 bits per heavy atom. The molecule has 0 unspecified atom stereocenters. The minimum atomic E-state index is -1.06. The lowest BCUT2D eigenvalue weighted by molar-refractivity contribution is -0.137. The SMILES string of the molecule is Cn1nnc(Br)c1[C@@H](CC(=O)O)NC(=O)OCC1c2ccccc2-c2ccccc21. The van der Waals surface area contributed by atoms with Crippen LogP contribution < -0.4 is 5.32 Å². The zero-order valence-electron chi connectivity index (χ0n) is 16.1. The van der Waals surface area contributed by atoms with Crippen LogP contribution in [0, 0.1) is 0 Å². The average Bonchev–Trinajstić information content (AvgIpc) is 3.22. The number of carbonyl (C=O) groups is 2. The van der Waals surface area contributed by atoms with E-state index in [2.05, 4.69) is 43.7 Å². The first-order valence-electron chi connectivity index (χ1n) is 9.34. The first-order chi connectivity index (χ1) is 14.5. The lowest BCUT2D eigenvalue weighted by Crippen LogP contribution is -2.33. The normalized spacial score (nSPS) is 13.4. The summed E-state index contributed by atoms with van der Waals surface area (Å²) in [5.74, 6) is -1.14. The van der Waals surface area contributed by atoms with E-state index in [-0.39, 0.29) is 18.9 Å². The molecule has 0 aliphatic heterocycles. The van der Waals surface area contributed by atoms with Gasteiger partial charge in [0.2, 0.25) is 0 Å². The van der Waals surface area contributed by atoms with Crippen molar-refractivity contribution in [2.24, 2.45) is 7.05 Å². The molecule has 0 saturated heterocycles. The fraction of sp³-hybridized carbons (Fsp3) is 0.238. The van der Waals surface area contributed by atoms with Gasteiger partial charge in [-0.2, -0.15) is 0 Å². The third kappa shape index (κ3) is 3.80. The second-order valence-corrected chi connectivity index (χ2v) is 7.76. The van der Waals surface area contributed by atoms with Crippen molar-refractivity contribution >= 4 is 28.0 Å². The maximum Gasteiger partial charge on any atom is 0.407 e. The molecule has 9 heteroatoms. The molecule has 0 saturated carbocycles. The minimum Gasteiger partial charge on any atom is -0.481 e. The lowest BCUT2D eigenvalue weighted by Gasteiger charge is -2.19. The van der Waals surface area contributed by atoms with Crippen molar-refractivity contribution in [3.8, 4) is 11.1 Å². The van der Waals surface area contributed by atoms with Crippen LogP contribution in [-0.2, 0) is 16.6 Å². The molecule has 30 heavy (non-hydrogen) atoms. The number of ether oxygens (including phenoxy) is 1. The zero-order chi connectivity index (χ0) is 21.3. The van der Waals surface area contributed by atoms with Gasteiger partial charge >= 0.3 is 12.1 Å². The Kier molecular flexibility index (Phi) is 5.54. The molecule has 0 radical (unpaired) electrons. The maximum absolute atomic E-state index is 12.5. The van der Waals surface area contributed by atoms with E-state index in [9.17, 15) is 14.7 Å². The lowest BCUT2D eigenvalue weighted by atomic mass is 9.98. The van der Waals surface area contributed by atoms with E-state index in [0.717, 1.165) is 22.3 Å². The summed E-state index contributed by atoms with van der Waals surface area (Å²) >= 11 is 3.25. The highest BCUT2D eigenvalue weighted by Gasteiger charge is 2.30. The molecular formula is C21H19BrN4O4. The monoisotopic (exact) mass is 470 g/mol. The van der Waals surface area contributed by atoms with Crippen LogP contribution in [0.15, 0.2) is 53.1 Å². The zero-order valence-corrected chi connectivity index (χ0v) is 17.7. The number of alkyl carbamates (subject to hydrolysis) is 1. The minimum absolute atomic E-state index is 0.0776. The number of benzene rings is 2. The molecular weight excluding hydrogens is 452 g/mol. The van der Waals surface area contributed by atoms with Crippen molar-refractivity contribution in [1.82, 2.24) is 20.3 Å². The van der Waals surface area contributed by atoms with Gasteiger partial charge in [-0.25, -0.2) is 9.48 Å². The van der Waals surface area contributed by atoms with Gasteiger partial charge in [-0.1, -0.05) is 53.7 Å². The molecule has 0 fully saturated rings. The van der Waals surface area contributed by atoms with Crippen LogP contribution in [0.2, 0.25) is 0 Å². The highest BCUT2D eigenvalue weighted by molar-refractivity contribution is 9.10. The second kappa shape index (κ2) is 8.27. The number of hydrogen-bond acceptors (Lipinski definition) is 5. The molecule has 2 N–H and O–H groups in total. The Hall–Kier alpha value is -3.20. The summed E-state index contributed by atoms with van der Waals surface area (Å²) in [5.41, 5.74) is 4.93. The van der Waals surface area contributed by atoms with E-state index in [0.29, 0.717) is 10.3 Å². The van der Waals surface area contributed by atoms with Crippen LogP contribution in [0.4, 0.5) is 4.79 Å². The molecule has 154 valence electrons. The Labute approximate surface area is 181 Å². The molecule has 4 rings (SSSR count). The predicted octanol–water partition coefficient (Wildman–Crippen LogP) is 3.63. The third-order valence-corrected chi connectivity index (χ3v) is 5.74. The van der Waals surface area contributed by atoms with Crippen molar-refractivity contribution in [2.75, 3.05) is 6.61 Å². The van der Waals surface area contributed by atoms with Crippen LogP contribution in [0.1, 0.15) is 35.2 Å². The van der Waals surface area contributed by atoms with E-state index in [4.69, 9.17) is 4.74 Å². The predicted molar refractivity (Wildman–Crippen MR) is 112 cm³/mol. The number of nitrogens with zero attached hydrogens (tertiary/aromatic N) is 3. The first-order valence-corrected chi connectivity index (χ1v) is 10.1. The molecule has 3 aromatic rings. The molecule has 1 atom stereocenters. The van der Waals surface area contributed by atoms with Gasteiger partial charge in [-0.15, -0.1) is 5.10 Å². The molecule has 0 bridgehead atoms. The van der Waals surface area contributed by atoms with Crippen molar-refractivity contribution < 1.29 is 19.4 Å². The summed E-state index contributed by atoms with van der Waals surface area (Å²) in [7, 11) is 1.63. The van der Waals surface area contributed by atoms with E-state index >= 15 is 0 Å². The summed E-state index contributed by atoms with van der Waals surface area (Å²) in [6, 6.07) is 15.3. The number of aliphatic carboxylic acids is 1. The first kappa shape index (κ1) is 20.1. The number of aryl methyl sites for hydroxylation is 1. The Morgan fingerprint density at radius 1 is 1.17 bits per heavy atom. The largest absolute Gasteiger partial charge is 0.481 e. The molecule has 1 heterocycles. The van der Waals surface area contributed by atoms with Gasteiger partial charge in [-0.05, 0) is 38.2 Å². The average molecular weight is 471 g/mol. The fourth-order valence-electron chi connectivity index (χ4n) is 3.88. The Balaban J connectivity index is 1.50. The molecule has 1 aliphatic carbocycles. The molecule has 8 nitrogen and oxygen atoms in total. The molecule has 1 aromatic heterocycles. The standard InChI is InChI=1S/C21H19BrN4O4/c1-26-19(20(22)24-25-26)17(10-18(27)28)23-21(29)30-11-16-14-8-4-2-6-12(14)13-7-3-5-9-15(13)16/h2-9,16-17H,10-11H2,1H3,(H,23,29)(H,27,28)/t17-/m1/s1. The summed E-state index contributed by atoms with van der Waals surface area (Å²) in [6.45, 7) is 0.143. The molecule has 2 aromatic carbocycles. The second-order valence-electron chi connectivity index (χ2n) is 7.01. The van der Waals surface area contributed by atoms with Crippen molar-refractivity contribution in [3.05, 3.63) is 70.0 Å². The topological polar surface area (TPSA) is 106 Å². The van der Waals surface area contributed by atoms with E-state index in [1.807, 2.05) is 36.4 Å². The molecule has 1 aliphatic rings. The van der Waals surface area contributed by atoms with Crippen LogP contribution in [0.25, 0.3) is 11.1 Å². The Bertz CT molecular complexity index is 1050. The van der Waals surface area contributed by atoms with Gasteiger partial charge in [0.25, 0.3) is 0 Å². The highest BCUT2D eigenvalue weighted by Crippen LogP contribution is 2.44. The van der Waals surface area contributed by atoms with Crippen LogP contribution >= 0.6 is 15.9 Å². The van der Waals surface area contributed by atoms with Gasteiger partial charge < -0.3 is 15.2 Å². The van der Waals surface area contributed by atoms with E-state index < -0.39 is 18.1 Å². The van der Waals surface area contributed by atoms with Crippen LogP contribution in [-0.4, -0.2) is 38.8 Å². The smallest absolute Gasteiger partial charge is 0.407 e. The van der Waals surface area contributed by atoms with E-state index in [1.165, 1.54) is 4.68 Å². The number of hydrogen-bond donors (Lipinski definition) is 2. The number of nitrogens with one attached hydrogen (secondary N) is 1. The third-order valence-electron chi connectivity index (χ3n) is 5.17. The summed E-state index contributed by atoms with van der Waals surface area (Å²) in [5, 5.41) is 19.6. The number of rotatable bonds is 6. The summed E-state index contributed by atoms with van der Waals surface area (Å²) in [4.78, 5) is 23.8. The van der Waals surface area contributed by atoms with Gasteiger partial charge in [0.15, 0.2) is 4.60 Å². The number of carbonyl (C=O) groups excluding carboxylic acids is 1. The van der Waals surface area contributed by atoms with Gasteiger partial charge in [0.1, 0.15) is 6.61 Å². The molecule has 1 amide bonds. The van der Waals surface area contributed by atoms with Crippen LogP contribution in [0.3, 0.4) is 0 Å². The van der Waals surface area contributed by atoms with Crippen LogP contribution in [0.5, 0.6) is 0 Å². The van der Waals surface area contributed by atoms with Crippen molar-refractivity contribution in [2.45, 2.75) is 18.4 Å². The van der Waals surface area contributed by atoms with Gasteiger partial charge in [0, 0.05) is 13.0 Å². The maximum atomic E-state index is 12.5. The summed E-state index contributed by atoms with van der Waals surface area (Å²) in [6.07, 6.45) is -1.03. The number of amides is 1. The number of aromatic nitrogens is 3. The summed E-state index contributed by atoms with van der Waals surface area (Å²) < 4.78 is 7.31. The van der Waals surface area contributed by atoms with Gasteiger partial charge in [0.05, 0.1) is 18.2 Å². The number of carboxylic acid groups (broad SMARTS) is 1. The molecule has 0 spiro atoms. The van der Waals surface area contributed by atoms with Crippen molar-refractivity contribution in [3.63, 3.8) is 0 Å².